The molecule has 2 aromatic carbocycles. The first-order chi connectivity index (χ1) is 13.7. The number of halogens is 3. The molecule has 0 bridgehead atoms. The highest BCUT2D eigenvalue weighted by molar-refractivity contribution is 6.06. The number of hydrogen-bond donors (Lipinski definition) is 1. The van der Waals surface area contributed by atoms with E-state index in [1.165, 1.54) is 31.4 Å². The molecular formula is C21H20F3NO4. The molecule has 8 heteroatoms. The molecule has 0 aliphatic carbocycles. The quantitative estimate of drug-likeness (QED) is 0.528. The fourth-order valence-electron chi connectivity index (χ4n) is 2.42. The first kappa shape index (κ1) is 22.0. The number of methoxy groups -OCH3 is 1. The summed E-state index contributed by atoms with van der Waals surface area (Å²) >= 11 is 0. The van der Waals surface area contributed by atoms with E-state index in [4.69, 9.17) is 9.47 Å². The Kier molecular flexibility index (Phi) is 7.41. The van der Waals surface area contributed by atoms with Crippen molar-refractivity contribution in [1.82, 2.24) is 5.32 Å². The third kappa shape index (κ3) is 6.38. The number of nitrogens with one attached hydrogen (secondary N) is 1. The van der Waals surface area contributed by atoms with Crippen LogP contribution in [0.15, 0.2) is 48.5 Å². The van der Waals surface area contributed by atoms with Crippen molar-refractivity contribution in [2.45, 2.75) is 13.1 Å². The van der Waals surface area contributed by atoms with E-state index >= 15 is 0 Å². The van der Waals surface area contributed by atoms with Crippen molar-refractivity contribution in [1.29, 1.82) is 0 Å². The number of allylic oxidation sites excluding steroid dienone is 1. The summed E-state index contributed by atoms with van der Waals surface area (Å²) in [4.78, 5) is 23.7. The Morgan fingerprint density at radius 3 is 2.52 bits per heavy atom. The molecule has 1 amide bonds. The van der Waals surface area contributed by atoms with Crippen LogP contribution in [0, 0.1) is 0 Å². The Morgan fingerprint density at radius 1 is 1.10 bits per heavy atom. The molecule has 0 aromatic heterocycles. The van der Waals surface area contributed by atoms with Gasteiger partial charge in [0.1, 0.15) is 0 Å². The lowest BCUT2D eigenvalue weighted by Gasteiger charge is -2.11. The second-order valence-electron chi connectivity index (χ2n) is 5.93. The van der Waals surface area contributed by atoms with Gasteiger partial charge in [0.2, 0.25) is 0 Å². The van der Waals surface area contributed by atoms with E-state index in [9.17, 15) is 22.8 Å². The van der Waals surface area contributed by atoms with Crippen LogP contribution in [0.1, 0.15) is 28.4 Å². The number of carbonyl (C=O) groups is 2. The Hall–Kier alpha value is -3.29. The van der Waals surface area contributed by atoms with E-state index in [0.717, 1.165) is 12.1 Å². The topological polar surface area (TPSA) is 64.6 Å². The SMILES string of the molecule is CCNC(=O)COc1ccc(/C=C/C(=O)c2cccc(C(F)(F)F)c2)cc1OC. The maximum Gasteiger partial charge on any atom is 0.416 e. The van der Waals surface area contributed by atoms with Gasteiger partial charge in [-0.05, 0) is 42.8 Å². The molecule has 1 N–H and O–H groups in total. The first-order valence-corrected chi connectivity index (χ1v) is 8.71. The number of likely N-dealkylation sites (N-methyl/N-ethyl adjacent to an activating group) is 1. The van der Waals surface area contributed by atoms with Gasteiger partial charge in [-0.15, -0.1) is 0 Å². The van der Waals surface area contributed by atoms with Crippen LogP contribution in [-0.4, -0.2) is 32.0 Å². The van der Waals surface area contributed by atoms with Gasteiger partial charge in [0, 0.05) is 12.1 Å². The van der Waals surface area contributed by atoms with Crippen LogP contribution in [0.3, 0.4) is 0 Å². The van der Waals surface area contributed by atoms with Crippen molar-refractivity contribution in [3.8, 4) is 11.5 Å². The highest BCUT2D eigenvalue weighted by atomic mass is 19.4. The van der Waals surface area contributed by atoms with Gasteiger partial charge in [0.15, 0.2) is 23.9 Å². The van der Waals surface area contributed by atoms with E-state index in [0.29, 0.717) is 23.6 Å². The van der Waals surface area contributed by atoms with Crippen molar-refractivity contribution in [3.63, 3.8) is 0 Å². The predicted octanol–water partition coefficient (Wildman–Crippen LogP) is 4.13. The average molecular weight is 407 g/mol. The Bertz CT molecular complexity index is 907. The van der Waals surface area contributed by atoms with E-state index in [2.05, 4.69) is 5.32 Å². The number of carbonyl (C=O) groups excluding carboxylic acids is 2. The molecule has 0 saturated carbocycles. The molecule has 0 radical (unpaired) electrons. The predicted molar refractivity (Wildman–Crippen MR) is 102 cm³/mol. The van der Waals surface area contributed by atoms with Crippen molar-refractivity contribution in [3.05, 3.63) is 65.2 Å². The number of benzene rings is 2. The summed E-state index contributed by atoms with van der Waals surface area (Å²) in [6.07, 6.45) is -1.88. The van der Waals surface area contributed by atoms with Gasteiger partial charge in [-0.25, -0.2) is 0 Å². The van der Waals surface area contributed by atoms with Crippen molar-refractivity contribution in [2.24, 2.45) is 0 Å². The maximum absolute atomic E-state index is 12.8. The van der Waals surface area contributed by atoms with E-state index in [1.807, 2.05) is 0 Å². The lowest BCUT2D eigenvalue weighted by atomic mass is 10.1. The van der Waals surface area contributed by atoms with Crippen LogP contribution >= 0.6 is 0 Å². The van der Waals surface area contributed by atoms with Crippen molar-refractivity contribution < 1.29 is 32.2 Å². The summed E-state index contributed by atoms with van der Waals surface area (Å²) in [7, 11) is 1.43. The summed E-state index contributed by atoms with van der Waals surface area (Å²) in [6.45, 7) is 2.11. The smallest absolute Gasteiger partial charge is 0.416 e. The molecule has 0 spiro atoms. The lowest BCUT2D eigenvalue weighted by Crippen LogP contribution is -2.28. The molecule has 2 rings (SSSR count). The second kappa shape index (κ2) is 9.77. The summed E-state index contributed by atoms with van der Waals surface area (Å²) in [5.41, 5.74) is -0.371. The van der Waals surface area contributed by atoms with Crippen LogP contribution in [0.2, 0.25) is 0 Å². The van der Waals surface area contributed by atoms with Crippen LogP contribution in [0.25, 0.3) is 6.08 Å². The van der Waals surface area contributed by atoms with Gasteiger partial charge in [-0.3, -0.25) is 9.59 Å². The minimum absolute atomic E-state index is 0.0649. The molecule has 154 valence electrons. The summed E-state index contributed by atoms with van der Waals surface area (Å²) in [5, 5.41) is 2.60. The van der Waals surface area contributed by atoms with Crippen LogP contribution < -0.4 is 14.8 Å². The van der Waals surface area contributed by atoms with E-state index in [-0.39, 0.29) is 18.1 Å². The molecular weight excluding hydrogens is 387 g/mol. The number of rotatable bonds is 8. The number of ketones is 1. The third-order valence-electron chi connectivity index (χ3n) is 3.82. The largest absolute Gasteiger partial charge is 0.493 e. The zero-order valence-electron chi connectivity index (χ0n) is 15.9. The lowest BCUT2D eigenvalue weighted by molar-refractivity contribution is -0.137. The third-order valence-corrected chi connectivity index (χ3v) is 3.82. The molecule has 0 fully saturated rings. The number of hydrogen-bond acceptors (Lipinski definition) is 4. The molecule has 2 aromatic rings. The molecule has 5 nitrogen and oxygen atoms in total. The van der Waals surface area contributed by atoms with Crippen molar-refractivity contribution in [2.75, 3.05) is 20.3 Å². The Morgan fingerprint density at radius 2 is 1.86 bits per heavy atom. The molecule has 0 saturated heterocycles. The van der Waals surface area contributed by atoms with Crippen molar-refractivity contribution >= 4 is 17.8 Å². The fourth-order valence-corrected chi connectivity index (χ4v) is 2.42. The highest BCUT2D eigenvalue weighted by Crippen LogP contribution is 2.30. The number of amides is 1. The van der Waals surface area contributed by atoms with Gasteiger partial charge in [0.25, 0.3) is 5.91 Å². The Labute approximate surface area is 166 Å². The van der Waals surface area contributed by atoms with Crippen LogP contribution in [0.4, 0.5) is 13.2 Å². The standard InChI is InChI=1S/C21H20F3NO4/c1-3-25-20(27)13-29-18-10-8-14(11-19(18)28-2)7-9-17(26)15-5-4-6-16(12-15)21(22,23)24/h4-12H,3,13H2,1-2H3,(H,25,27)/b9-7+. The normalized spacial score (nSPS) is 11.3. The van der Waals surface area contributed by atoms with Gasteiger partial charge in [0.05, 0.1) is 12.7 Å². The molecule has 0 unspecified atom stereocenters. The molecule has 0 aliphatic heterocycles. The van der Waals surface area contributed by atoms with E-state index in [1.54, 1.807) is 25.1 Å². The van der Waals surface area contributed by atoms with Gasteiger partial charge in [-0.2, -0.15) is 13.2 Å². The van der Waals surface area contributed by atoms with E-state index < -0.39 is 17.5 Å². The highest BCUT2D eigenvalue weighted by Gasteiger charge is 2.30. The maximum atomic E-state index is 12.8. The van der Waals surface area contributed by atoms with Gasteiger partial charge < -0.3 is 14.8 Å². The van der Waals surface area contributed by atoms with Gasteiger partial charge >= 0.3 is 6.18 Å². The van der Waals surface area contributed by atoms with Crippen LogP contribution in [0.5, 0.6) is 11.5 Å². The zero-order chi connectivity index (χ0) is 21.4. The summed E-state index contributed by atoms with van der Waals surface area (Å²) in [6, 6.07) is 9.02. The zero-order valence-corrected chi connectivity index (χ0v) is 15.9. The number of alkyl halides is 3. The molecule has 0 atom stereocenters. The molecule has 0 aliphatic rings. The molecule has 29 heavy (non-hydrogen) atoms. The number of ether oxygens (including phenoxy) is 2. The average Bonchev–Trinajstić information content (AvgIpc) is 2.70. The monoisotopic (exact) mass is 407 g/mol. The van der Waals surface area contributed by atoms with Gasteiger partial charge in [-0.1, -0.05) is 24.3 Å². The molecule has 0 heterocycles. The van der Waals surface area contributed by atoms with Crippen LogP contribution in [-0.2, 0) is 11.0 Å². The second-order valence-corrected chi connectivity index (χ2v) is 5.93. The minimum atomic E-state index is -4.52. The Balaban J connectivity index is 2.12. The minimum Gasteiger partial charge on any atom is -0.493 e. The fraction of sp³-hybridized carbons (Fsp3) is 0.238. The summed E-state index contributed by atoms with van der Waals surface area (Å²) < 4.78 is 49.0. The first-order valence-electron chi connectivity index (χ1n) is 8.71. The summed E-state index contributed by atoms with van der Waals surface area (Å²) in [5.74, 6) is -0.139.